The van der Waals surface area contributed by atoms with E-state index in [0.29, 0.717) is 18.2 Å². The molecular weight excluding hydrogens is 254 g/mol. The summed E-state index contributed by atoms with van der Waals surface area (Å²) < 4.78 is 0. The molecule has 0 fully saturated rings. The molecule has 3 rings (SSSR count). The van der Waals surface area contributed by atoms with Crippen molar-refractivity contribution in [2.45, 2.75) is 25.9 Å². The van der Waals surface area contributed by atoms with Gasteiger partial charge in [0.1, 0.15) is 5.82 Å². The van der Waals surface area contributed by atoms with Gasteiger partial charge in [0.05, 0.1) is 13.0 Å². The maximum Gasteiger partial charge on any atom is 0.225 e. The Labute approximate surface area is 117 Å². The van der Waals surface area contributed by atoms with E-state index in [4.69, 9.17) is 5.73 Å². The molecule has 0 saturated heterocycles. The summed E-state index contributed by atoms with van der Waals surface area (Å²) in [5.74, 6) is 0.838. The van der Waals surface area contributed by atoms with Crippen molar-refractivity contribution in [2.75, 3.05) is 6.54 Å². The second-order valence-corrected chi connectivity index (χ2v) is 5.07. The van der Waals surface area contributed by atoms with E-state index < -0.39 is 5.91 Å². The molecule has 6 heteroatoms. The van der Waals surface area contributed by atoms with Gasteiger partial charge < -0.3 is 5.73 Å². The molecule has 1 aliphatic rings. The van der Waals surface area contributed by atoms with Gasteiger partial charge in [-0.15, -0.1) is 0 Å². The summed E-state index contributed by atoms with van der Waals surface area (Å²) in [7, 11) is 0. The smallest absolute Gasteiger partial charge is 0.225 e. The summed E-state index contributed by atoms with van der Waals surface area (Å²) >= 11 is 0. The maximum atomic E-state index is 10.8. The number of aromatic nitrogens is 3. The summed E-state index contributed by atoms with van der Waals surface area (Å²) in [6.07, 6.45) is 1.16. The fourth-order valence-corrected chi connectivity index (χ4v) is 2.54. The van der Waals surface area contributed by atoms with Crippen molar-refractivity contribution in [2.24, 2.45) is 5.73 Å². The van der Waals surface area contributed by atoms with E-state index in [1.807, 2.05) is 0 Å². The molecule has 3 N–H and O–H groups in total. The Hall–Kier alpha value is -2.21. The van der Waals surface area contributed by atoms with Crippen LogP contribution < -0.4 is 5.73 Å². The molecule has 0 atom stereocenters. The van der Waals surface area contributed by atoms with E-state index >= 15 is 0 Å². The van der Waals surface area contributed by atoms with Gasteiger partial charge in [0.15, 0.2) is 5.82 Å². The normalized spacial score (nSPS) is 15.0. The lowest BCUT2D eigenvalue weighted by molar-refractivity contribution is -0.117. The third-order valence-electron chi connectivity index (χ3n) is 3.49. The predicted octanol–water partition coefficient (Wildman–Crippen LogP) is 0.391. The van der Waals surface area contributed by atoms with Crippen molar-refractivity contribution in [1.82, 2.24) is 20.1 Å². The molecule has 6 nitrogen and oxygen atoms in total. The topological polar surface area (TPSA) is 87.9 Å². The van der Waals surface area contributed by atoms with Crippen molar-refractivity contribution in [1.29, 1.82) is 0 Å². The van der Waals surface area contributed by atoms with Gasteiger partial charge >= 0.3 is 0 Å². The van der Waals surface area contributed by atoms with Crippen LogP contribution in [0.3, 0.4) is 0 Å². The van der Waals surface area contributed by atoms with Crippen LogP contribution in [0.1, 0.15) is 22.8 Å². The molecule has 0 radical (unpaired) electrons. The average molecular weight is 271 g/mol. The van der Waals surface area contributed by atoms with E-state index in [0.717, 1.165) is 19.5 Å². The zero-order valence-corrected chi connectivity index (χ0v) is 11.2. The van der Waals surface area contributed by atoms with Gasteiger partial charge in [-0.05, 0) is 17.5 Å². The second-order valence-electron chi connectivity index (χ2n) is 5.07. The number of hydrogen-bond acceptors (Lipinski definition) is 4. The molecule has 2 heterocycles. The van der Waals surface area contributed by atoms with Crippen LogP contribution in [0.15, 0.2) is 24.3 Å². The van der Waals surface area contributed by atoms with Gasteiger partial charge in [-0.25, -0.2) is 4.98 Å². The van der Waals surface area contributed by atoms with Crippen LogP contribution >= 0.6 is 0 Å². The highest BCUT2D eigenvalue weighted by atomic mass is 16.1. The maximum absolute atomic E-state index is 10.8. The third kappa shape index (κ3) is 2.85. The molecule has 0 aliphatic carbocycles. The van der Waals surface area contributed by atoms with Crippen LogP contribution in [0.5, 0.6) is 0 Å². The molecule has 104 valence electrons. The lowest BCUT2D eigenvalue weighted by Crippen LogP contribution is -2.30. The number of primary amides is 1. The quantitative estimate of drug-likeness (QED) is 0.842. The number of amides is 1. The van der Waals surface area contributed by atoms with Crippen LogP contribution in [0.4, 0.5) is 0 Å². The lowest BCUT2D eigenvalue weighted by Gasteiger charge is -2.27. The first kappa shape index (κ1) is 12.8. The molecule has 1 aromatic heterocycles. The van der Waals surface area contributed by atoms with Crippen molar-refractivity contribution in [3.8, 4) is 0 Å². The number of hydrogen-bond donors (Lipinski definition) is 2. The Morgan fingerprint density at radius 2 is 2.15 bits per heavy atom. The van der Waals surface area contributed by atoms with Gasteiger partial charge in [0, 0.05) is 13.1 Å². The number of fused-ring (bicyclic) bond motifs is 1. The molecule has 1 aromatic carbocycles. The van der Waals surface area contributed by atoms with Crippen molar-refractivity contribution in [3.63, 3.8) is 0 Å². The van der Waals surface area contributed by atoms with Gasteiger partial charge in [0.25, 0.3) is 0 Å². The Morgan fingerprint density at radius 3 is 2.95 bits per heavy atom. The molecule has 2 aromatic rings. The molecule has 20 heavy (non-hydrogen) atoms. The third-order valence-corrected chi connectivity index (χ3v) is 3.49. The van der Waals surface area contributed by atoms with Crippen LogP contribution in [0, 0.1) is 0 Å². The van der Waals surface area contributed by atoms with Crippen LogP contribution in [-0.4, -0.2) is 32.5 Å². The zero-order chi connectivity index (χ0) is 13.9. The number of carbonyl (C=O) groups is 1. The second kappa shape index (κ2) is 5.42. The molecule has 0 saturated carbocycles. The highest BCUT2D eigenvalue weighted by Gasteiger charge is 2.17. The fraction of sp³-hybridized carbons (Fsp3) is 0.357. The highest BCUT2D eigenvalue weighted by molar-refractivity contribution is 5.75. The SMILES string of the molecule is NC(=O)Cc1nc(CN2CCc3ccccc3C2)n[nH]1. The number of nitrogens with two attached hydrogens (primary N) is 1. The number of rotatable bonds is 4. The molecule has 0 spiro atoms. The first-order valence-electron chi connectivity index (χ1n) is 6.68. The summed E-state index contributed by atoms with van der Waals surface area (Å²) in [5, 5.41) is 6.89. The number of H-pyrrole nitrogens is 1. The van der Waals surface area contributed by atoms with E-state index in [1.54, 1.807) is 0 Å². The van der Waals surface area contributed by atoms with Crippen molar-refractivity contribution < 1.29 is 4.79 Å². The van der Waals surface area contributed by atoms with Crippen LogP contribution in [0.25, 0.3) is 0 Å². The zero-order valence-electron chi connectivity index (χ0n) is 11.2. The highest BCUT2D eigenvalue weighted by Crippen LogP contribution is 2.19. The number of nitrogens with one attached hydrogen (secondary N) is 1. The number of carbonyl (C=O) groups excluding carboxylic acids is 1. The fourth-order valence-electron chi connectivity index (χ4n) is 2.54. The van der Waals surface area contributed by atoms with Crippen molar-refractivity contribution >= 4 is 5.91 Å². The summed E-state index contributed by atoms with van der Waals surface area (Å²) in [6, 6.07) is 8.50. The lowest BCUT2D eigenvalue weighted by atomic mass is 10.00. The molecule has 0 bridgehead atoms. The van der Waals surface area contributed by atoms with E-state index in [1.165, 1.54) is 11.1 Å². The predicted molar refractivity (Wildman–Crippen MR) is 73.5 cm³/mol. The minimum atomic E-state index is -0.403. The summed E-state index contributed by atoms with van der Waals surface area (Å²) in [5.41, 5.74) is 7.93. The largest absolute Gasteiger partial charge is 0.369 e. The van der Waals surface area contributed by atoms with Crippen molar-refractivity contribution in [3.05, 3.63) is 47.0 Å². The number of aromatic amines is 1. The Bertz CT molecular complexity index is 622. The van der Waals surface area contributed by atoms with Gasteiger partial charge in [-0.3, -0.25) is 14.8 Å². The summed E-state index contributed by atoms with van der Waals surface area (Å²) in [6.45, 7) is 2.59. The van der Waals surface area contributed by atoms with Gasteiger partial charge in [0.2, 0.25) is 5.91 Å². The van der Waals surface area contributed by atoms with Gasteiger partial charge in [-0.1, -0.05) is 24.3 Å². The van der Waals surface area contributed by atoms with E-state index in [9.17, 15) is 4.79 Å². The summed E-state index contributed by atoms with van der Waals surface area (Å²) in [4.78, 5) is 17.4. The first-order chi connectivity index (χ1) is 9.70. The molecule has 1 aliphatic heterocycles. The first-order valence-corrected chi connectivity index (χ1v) is 6.68. The minimum absolute atomic E-state index is 0.107. The molecule has 0 unspecified atom stereocenters. The number of nitrogens with zero attached hydrogens (tertiary/aromatic N) is 3. The van der Waals surface area contributed by atoms with Crippen LogP contribution in [-0.2, 0) is 30.7 Å². The Morgan fingerprint density at radius 1 is 1.35 bits per heavy atom. The molecule has 1 amide bonds. The van der Waals surface area contributed by atoms with E-state index in [2.05, 4.69) is 44.3 Å². The van der Waals surface area contributed by atoms with Gasteiger partial charge in [-0.2, -0.15) is 5.10 Å². The Balaban J connectivity index is 1.64. The standard InChI is InChI=1S/C14H17N5O/c15-12(20)7-13-16-14(18-17-13)9-19-6-5-10-3-1-2-4-11(10)8-19/h1-4H,5-9H2,(H2,15,20)(H,16,17,18). The average Bonchev–Trinajstić information content (AvgIpc) is 2.85. The Kier molecular flexibility index (Phi) is 3.47. The van der Waals surface area contributed by atoms with E-state index in [-0.39, 0.29) is 6.42 Å². The minimum Gasteiger partial charge on any atom is -0.369 e. The molecular formula is C14H17N5O. The monoisotopic (exact) mass is 271 g/mol. The number of benzene rings is 1. The van der Waals surface area contributed by atoms with Crippen LogP contribution in [0.2, 0.25) is 0 Å².